The first-order chi connectivity index (χ1) is 11.3. The highest BCUT2D eigenvalue weighted by atomic mass is 19.4. The Labute approximate surface area is 145 Å². The van der Waals surface area contributed by atoms with Gasteiger partial charge in [0.15, 0.2) is 0 Å². The van der Waals surface area contributed by atoms with Gasteiger partial charge in [-0.25, -0.2) is 4.79 Å². The van der Waals surface area contributed by atoms with Crippen LogP contribution in [-0.4, -0.2) is 17.9 Å². The number of carbonyl (C=O) groups excluding carboxylic acids is 2. The third kappa shape index (κ3) is 4.52. The summed E-state index contributed by atoms with van der Waals surface area (Å²) in [4.78, 5) is 24.5. The summed E-state index contributed by atoms with van der Waals surface area (Å²) in [6.07, 6.45) is -3.36. The molecule has 0 aliphatic heterocycles. The van der Waals surface area contributed by atoms with E-state index in [-0.39, 0.29) is 17.5 Å². The topological polar surface area (TPSA) is 58.2 Å². The highest BCUT2D eigenvalue weighted by Crippen LogP contribution is 2.42. The molecule has 138 valence electrons. The maximum absolute atomic E-state index is 12.5. The Balaban J connectivity index is 2.00. The molecule has 2 N–H and O–H groups in total. The summed E-state index contributed by atoms with van der Waals surface area (Å²) >= 11 is 0. The van der Waals surface area contributed by atoms with Crippen LogP contribution in [0.25, 0.3) is 0 Å². The van der Waals surface area contributed by atoms with Gasteiger partial charge in [0, 0.05) is 22.6 Å². The number of ketones is 1. The molecule has 1 aromatic rings. The average molecular weight is 356 g/mol. The highest BCUT2D eigenvalue weighted by Gasteiger charge is 2.46. The van der Waals surface area contributed by atoms with Crippen LogP contribution in [0.2, 0.25) is 0 Å². The molecule has 25 heavy (non-hydrogen) atoms. The number of alkyl halides is 3. The summed E-state index contributed by atoms with van der Waals surface area (Å²) in [7, 11) is 0. The number of hydrogen-bond acceptors (Lipinski definition) is 2. The summed E-state index contributed by atoms with van der Waals surface area (Å²) in [6.45, 7) is 7.44. The quantitative estimate of drug-likeness (QED) is 0.813. The molecule has 1 saturated carbocycles. The molecule has 0 heterocycles. The number of benzene rings is 1. The van der Waals surface area contributed by atoms with Gasteiger partial charge in [-0.2, -0.15) is 13.2 Å². The summed E-state index contributed by atoms with van der Waals surface area (Å²) in [5.41, 5.74) is -1.56. The van der Waals surface area contributed by atoms with Crippen LogP contribution in [0, 0.1) is 10.8 Å². The number of anilines is 1. The minimum Gasteiger partial charge on any atom is -0.335 e. The van der Waals surface area contributed by atoms with Gasteiger partial charge < -0.3 is 10.6 Å². The Kier molecular flexibility index (Phi) is 4.90. The monoisotopic (exact) mass is 356 g/mol. The van der Waals surface area contributed by atoms with Crippen molar-refractivity contribution in [2.45, 2.75) is 52.8 Å². The van der Waals surface area contributed by atoms with Crippen LogP contribution in [0.15, 0.2) is 24.3 Å². The lowest BCUT2D eigenvalue weighted by Gasteiger charge is -2.43. The largest absolute Gasteiger partial charge is 0.416 e. The predicted molar refractivity (Wildman–Crippen MR) is 89.2 cm³/mol. The molecule has 0 aromatic heterocycles. The lowest BCUT2D eigenvalue weighted by Crippen LogP contribution is -2.52. The summed E-state index contributed by atoms with van der Waals surface area (Å²) in [5, 5.41) is 5.35. The smallest absolute Gasteiger partial charge is 0.335 e. The van der Waals surface area contributed by atoms with E-state index in [9.17, 15) is 22.8 Å². The van der Waals surface area contributed by atoms with Crippen molar-refractivity contribution < 1.29 is 22.8 Å². The molecule has 0 saturated heterocycles. The van der Waals surface area contributed by atoms with Crippen LogP contribution in [0.3, 0.4) is 0 Å². The molecule has 1 aliphatic carbocycles. The van der Waals surface area contributed by atoms with Gasteiger partial charge >= 0.3 is 12.2 Å². The maximum Gasteiger partial charge on any atom is 0.416 e. The number of nitrogens with one attached hydrogen (secondary N) is 2. The van der Waals surface area contributed by atoms with E-state index in [4.69, 9.17) is 0 Å². The molecule has 1 fully saturated rings. The van der Waals surface area contributed by atoms with E-state index in [1.54, 1.807) is 0 Å². The van der Waals surface area contributed by atoms with Crippen LogP contribution >= 0.6 is 0 Å². The fraction of sp³-hybridized carbons (Fsp3) is 0.556. The molecule has 0 spiro atoms. The van der Waals surface area contributed by atoms with E-state index < -0.39 is 28.6 Å². The average Bonchev–Trinajstić information content (AvgIpc) is 2.43. The molecule has 4 nitrogen and oxygen atoms in total. The van der Waals surface area contributed by atoms with Gasteiger partial charge in [-0.3, -0.25) is 4.79 Å². The highest BCUT2D eigenvalue weighted by molar-refractivity contribution is 5.92. The Hall–Kier alpha value is -2.05. The molecular weight excluding hydrogens is 333 g/mol. The van der Waals surface area contributed by atoms with Crippen LogP contribution in [0.5, 0.6) is 0 Å². The molecule has 7 heteroatoms. The van der Waals surface area contributed by atoms with Gasteiger partial charge in [0.05, 0.1) is 5.56 Å². The SMILES string of the molecule is CC1(C)CC(NC(=O)Nc2ccc(C(F)(F)F)cc2)CC(C)(C)C1=O. The first kappa shape index (κ1) is 19.3. The van der Waals surface area contributed by atoms with Gasteiger partial charge in [0.1, 0.15) is 5.78 Å². The van der Waals surface area contributed by atoms with E-state index in [0.717, 1.165) is 12.1 Å². The van der Waals surface area contributed by atoms with Crippen molar-refractivity contribution in [3.8, 4) is 0 Å². The van der Waals surface area contributed by atoms with Crippen molar-refractivity contribution in [1.29, 1.82) is 0 Å². The van der Waals surface area contributed by atoms with Crippen molar-refractivity contribution in [2.24, 2.45) is 10.8 Å². The summed E-state index contributed by atoms with van der Waals surface area (Å²) in [5.74, 6) is 0.168. The molecule has 2 rings (SSSR count). The van der Waals surface area contributed by atoms with E-state index in [2.05, 4.69) is 10.6 Å². The molecule has 0 atom stereocenters. The second kappa shape index (κ2) is 6.35. The van der Waals surface area contributed by atoms with Crippen molar-refractivity contribution in [1.82, 2.24) is 5.32 Å². The minimum atomic E-state index is -4.41. The van der Waals surface area contributed by atoms with Gasteiger partial charge in [-0.1, -0.05) is 27.7 Å². The number of Topliss-reactive ketones (excluding diaryl/α,β-unsaturated/α-hetero) is 1. The Morgan fingerprint density at radius 3 is 1.96 bits per heavy atom. The normalized spacial score (nSPS) is 20.2. The Bertz CT molecular complexity index is 644. The maximum atomic E-state index is 12.5. The number of halogens is 3. The zero-order valence-electron chi connectivity index (χ0n) is 14.8. The third-order valence-corrected chi connectivity index (χ3v) is 4.55. The van der Waals surface area contributed by atoms with Crippen LogP contribution in [0.4, 0.5) is 23.7 Å². The van der Waals surface area contributed by atoms with Crippen molar-refractivity contribution in [3.05, 3.63) is 29.8 Å². The van der Waals surface area contributed by atoms with Crippen molar-refractivity contribution in [3.63, 3.8) is 0 Å². The lowest BCUT2D eigenvalue weighted by molar-refractivity contribution is -0.140. The number of carbonyl (C=O) groups is 2. The Morgan fingerprint density at radius 2 is 1.52 bits per heavy atom. The van der Waals surface area contributed by atoms with Gasteiger partial charge in [-0.15, -0.1) is 0 Å². The van der Waals surface area contributed by atoms with Crippen LogP contribution in [0.1, 0.15) is 46.1 Å². The molecular formula is C18H23F3N2O2. The minimum absolute atomic E-state index is 0.168. The van der Waals surface area contributed by atoms with Gasteiger partial charge in [0.25, 0.3) is 0 Å². The van der Waals surface area contributed by atoms with Crippen LogP contribution < -0.4 is 10.6 Å². The van der Waals surface area contributed by atoms with E-state index in [1.807, 2.05) is 27.7 Å². The van der Waals surface area contributed by atoms with Gasteiger partial charge in [0.2, 0.25) is 0 Å². The number of amides is 2. The Morgan fingerprint density at radius 1 is 1.04 bits per heavy atom. The number of rotatable bonds is 2. The van der Waals surface area contributed by atoms with E-state index >= 15 is 0 Å². The summed E-state index contributed by atoms with van der Waals surface area (Å²) < 4.78 is 37.6. The van der Waals surface area contributed by atoms with Crippen molar-refractivity contribution in [2.75, 3.05) is 5.32 Å². The second-order valence-corrected chi connectivity index (χ2v) is 7.88. The third-order valence-electron chi connectivity index (χ3n) is 4.55. The van der Waals surface area contributed by atoms with Crippen molar-refractivity contribution >= 4 is 17.5 Å². The molecule has 0 radical (unpaired) electrons. The standard InChI is InChI=1S/C18H23F3N2O2/c1-16(2)9-13(10-17(3,4)14(16)24)23-15(25)22-12-7-5-11(6-8-12)18(19,20)21/h5-8,13H,9-10H2,1-4H3,(H2,22,23,25). The fourth-order valence-corrected chi connectivity index (χ4v) is 3.60. The predicted octanol–water partition coefficient (Wildman–Crippen LogP) is 4.61. The van der Waals surface area contributed by atoms with Gasteiger partial charge in [-0.05, 0) is 37.1 Å². The summed E-state index contributed by atoms with van der Waals surface area (Å²) in [6, 6.07) is 3.58. The molecule has 2 amide bonds. The number of urea groups is 1. The lowest BCUT2D eigenvalue weighted by atomic mass is 9.62. The zero-order chi connectivity index (χ0) is 19.0. The zero-order valence-corrected chi connectivity index (χ0v) is 14.8. The van der Waals surface area contributed by atoms with E-state index in [1.165, 1.54) is 12.1 Å². The molecule has 0 unspecified atom stereocenters. The first-order valence-corrected chi connectivity index (χ1v) is 8.11. The molecule has 0 bridgehead atoms. The van der Waals surface area contributed by atoms with E-state index in [0.29, 0.717) is 12.8 Å². The number of hydrogen-bond donors (Lipinski definition) is 2. The van der Waals surface area contributed by atoms with Crippen LogP contribution in [-0.2, 0) is 11.0 Å². The molecule has 1 aliphatic rings. The molecule has 1 aromatic carbocycles. The first-order valence-electron chi connectivity index (χ1n) is 8.11. The fourth-order valence-electron chi connectivity index (χ4n) is 3.60. The second-order valence-electron chi connectivity index (χ2n) is 7.88.